The van der Waals surface area contributed by atoms with E-state index in [4.69, 9.17) is 0 Å². The maximum atomic E-state index is 2.59. The van der Waals surface area contributed by atoms with Crippen LogP contribution in [0.3, 0.4) is 0 Å². The highest BCUT2D eigenvalue weighted by Crippen LogP contribution is 2.55. The van der Waals surface area contributed by atoms with Crippen molar-refractivity contribution < 1.29 is 0 Å². The van der Waals surface area contributed by atoms with Gasteiger partial charge in [0.15, 0.2) is 0 Å². The van der Waals surface area contributed by atoms with E-state index in [2.05, 4.69) is 60.4 Å². The van der Waals surface area contributed by atoms with Crippen molar-refractivity contribution in [2.45, 2.75) is 26.2 Å². The number of hydrogen-bond acceptors (Lipinski definition) is 1. The number of para-hydroxylation sites is 2. The zero-order valence-corrected chi connectivity index (χ0v) is 13.2. The van der Waals surface area contributed by atoms with Gasteiger partial charge in [0.25, 0.3) is 0 Å². The standard InChI is InChI=1S/C22H17N/c1-13-8-9-18-11-16-5-2-4-14-10-15-6-3-7-17-12-19(13)22(18)23(20(14)16)21(15)17/h2-9H,10-12H2,1H3. The second-order valence-corrected chi connectivity index (χ2v) is 7.08. The molecule has 0 spiro atoms. The Morgan fingerprint density at radius 2 is 1.13 bits per heavy atom. The molecule has 3 aliphatic heterocycles. The van der Waals surface area contributed by atoms with Gasteiger partial charge < -0.3 is 4.90 Å². The van der Waals surface area contributed by atoms with Crippen molar-refractivity contribution in [3.8, 4) is 0 Å². The topological polar surface area (TPSA) is 3.24 Å². The van der Waals surface area contributed by atoms with Crippen LogP contribution < -0.4 is 4.90 Å². The van der Waals surface area contributed by atoms with Gasteiger partial charge in [-0.2, -0.15) is 0 Å². The third-order valence-electron chi connectivity index (χ3n) is 5.81. The number of benzene rings is 3. The average Bonchev–Trinajstić information content (AvgIpc) is 2.58. The first kappa shape index (κ1) is 12.0. The first-order valence-electron chi connectivity index (χ1n) is 8.44. The van der Waals surface area contributed by atoms with Crippen LogP contribution in [0.15, 0.2) is 48.5 Å². The molecule has 0 fully saturated rings. The van der Waals surface area contributed by atoms with Crippen molar-refractivity contribution >= 4 is 17.1 Å². The SMILES string of the molecule is Cc1ccc2c3c1Cc1cccc4c1N3c1c(cccc1C2)C4. The predicted molar refractivity (Wildman–Crippen MR) is 94.3 cm³/mol. The van der Waals surface area contributed by atoms with Gasteiger partial charge in [0.2, 0.25) is 0 Å². The Morgan fingerprint density at radius 1 is 0.609 bits per heavy atom. The highest BCUT2D eigenvalue weighted by molar-refractivity contribution is 5.94. The number of rotatable bonds is 0. The van der Waals surface area contributed by atoms with Crippen molar-refractivity contribution in [1.29, 1.82) is 0 Å². The normalized spacial score (nSPS) is 15.4. The molecule has 0 bridgehead atoms. The molecule has 0 radical (unpaired) electrons. The number of hydrogen-bond donors (Lipinski definition) is 0. The van der Waals surface area contributed by atoms with Crippen molar-refractivity contribution in [2.24, 2.45) is 0 Å². The van der Waals surface area contributed by atoms with Crippen LogP contribution in [0.2, 0.25) is 0 Å². The number of aryl methyl sites for hydroxylation is 1. The van der Waals surface area contributed by atoms with Crippen LogP contribution >= 0.6 is 0 Å². The van der Waals surface area contributed by atoms with Gasteiger partial charge in [0.05, 0.1) is 17.1 Å². The molecular weight excluding hydrogens is 278 g/mol. The lowest BCUT2D eigenvalue weighted by molar-refractivity contribution is 0.949. The molecule has 23 heavy (non-hydrogen) atoms. The van der Waals surface area contributed by atoms with E-state index in [-0.39, 0.29) is 0 Å². The molecule has 0 amide bonds. The minimum atomic E-state index is 1.07. The van der Waals surface area contributed by atoms with Gasteiger partial charge in [-0.1, -0.05) is 48.5 Å². The first-order chi connectivity index (χ1) is 11.3. The third kappa shape index (κ3) is 1.34. The third-order valence-corrected chi connectivity index (χ3v) is 5.81. The Labute approximate surface area is 136 Å². The minimum absolute atomic E-state index is 1.07. The van der Waals surface area contributed by atoms with Crippen molar-refractivity contribution in [3.63, 3.8) is 0 Å². The lowest BCUT2D eigenvalue weighted by Gasteiger charge is -2.44. The fourth-order valence-corrected chi connectivity index (χ4v) is 4.80. The molecule has 0 unspecified atom stereocenters. The van der Waals surface area contributed by atoms with Crippen molar-refractivity contribution in [3.05, 3.63) is 87.5 Å². The summed E-state index contributed by atoms with van der Waals surface area (Å²) in [4.78, 5) is 2.59. The predicted octanol–water partition coefficient (Wildman–Crippen LogP) is 5.18. The molecule has 0 aliphatic carbocycles. The van der Waals surface area contributed by atoms with E-state index in [1.54, 1.807) is 0 Å². The lowest BCUT2D eigenvalue weighted by atomic mass is 9.79. The van der Waals surface area contributed by atoms with Crippen molar-refractivity contribution in [1.82, 2.24) is 0 Å². The van der Waals surface area contributed by atoms with Crippen LogP contribution in [0.5, 0.6) is 0 Å². The van der Waals surface area contributed by atoms with Gasteiger partial charge in [-0.15, -0.1) is 0 Å². The van der Waals surface area contributed by atoms with E-state index < -0.39 is 0 Å². The Hall–Kier alpha value is -2.54. The fourth-order valence-electron chi connectivity index (χ4n) is 4.80. The quantitative estimate of drug-likeness (QED) is 0.373. The summed E-state index contributed by atoms with van der Waals surface area (Å²) < 4.78 is 0. The average molecular weight is 295 g/mol. The number of nitrogens with zero attached hydrogens (tertiary/aromatic N) is 1. The molecule has 0 N–H and O–H groups in total. The Morgan fingerprint density at radius 3 is 1.74 bits per heavy atom. The summed E-state index contributed by atoms with van der Waals surface area (Å²) in [7, 11) is 0. The molecule has 0 aromatic heterocycles. The number of anilines is 3. The second kappa shape index (κ2) is 3.86. The fraction of sp³-hybridized carbons (Fsp3) is 0.182. The molecule has 1 heteroatoms. The molecule has 1 nitrogen and oxygen atoms in total. The van der Waals surface area contributed by atoms with E-state index >= 15 is 0 Å². The summed E-state index contributed by atoms with van der Waals surface area (Å²) in [6.07, 6.45) is 3.21. The molecule has 0 atom stereocenters. The maximum absolute atomic E-state index is 2.59. The summed E-state index contributed by atoms with van der Waals surface area (Å²) in [5.41, 5.74) is 14.8. The summed E-state index contributed by atoms with van der Waals surface area (Å²) >= 11 is 0. The van der Waals surface area contributed by atoms with Crippen LogP contribution in [0.25, 0.3) is 0 Å². The van der Waals surface area contributed by atoms with Gasteiger partial charge in [-0.3, -0.25) is 0 Å². The van der Waals surface area contributed by atoms with E-state index in [0.29, 0.717) is 0 Å². The van der Waals surface area contributed by atoms with Gasteiger partial charge in [0, 0.05) is 19.3 Å². The zero-order valence-electron chi connectivity index (χ0n) is 13.2. The monoisotopic (exact) mass is 295 g/mol. The Kier molecular flexibility index (Phi) is 2.00. The molecule has 0 saturated carbocycles. The summed E-state index contributed by atoms with van der Waals surface area (Å²) in [6, 6.07) is 18.4. The second-order valence-electron chi connectivity index (χ2n) is 7.08. The molecule has 3 heterocycles. The molecule has 3 aromatic carbocycles. The Balaban J connectivity index is 1.80. The summed E-state index contributed by atoms with van der Waals surface area (Å²) in [5, 5.41) is 0. The van der Waals surface area contributed by atoms with Crippen LogP contribution in [0, 0.1) is 6.92 Å². The largest absolute Gasteiger partial charge is 0.309 e. The van der Waals surface area contributed by atoms with Crippen molar-refractivity contribution in [2.75, 3.05) is 4.90 Å². The van der Waals surface area contributed by atoms with Gasteiger partial charge in [0.1, 0.15) is 0 Å². The van der Waals surface area contributed by atoms with Crippen LogP contribution in [-0.2, 0) is 19.3 Å². The zero-order chi connectivity index (χ0) is 15.1. The summed E-state index contributed by atoms with van der Waals surface area (Å²) in [5.74, 6) is 0. The molecular formula is C22H17N. The highest BCUT2D eigenvalue weighted by atomic mass is 15.2. The maximum Gasteiger partial charge on any atom is 0.0535 e. The van der Waals surface area contributed by atoms with Gasteiger partial charge in [-0.05, 0) is 45.9 Å². The first-order valence-corrected chi connectivity index (χ1v) is 8.44. The molecule has 3 aliphatic rings. The van der Waals surface area contributed by atoms with E-state index in [1.165, 1.54) is 56.0 Å². The van der Waals surface area contributed by atoms with Crippen LogP contribution in [0.4, 0.5) is 17.1 Å². The summed E-state index contributed by atoms with van der Waals surface area (Å²) in [6.45, 7) is 2.26. The highest BCUT2D eigenvalue weighted by Gasteiger charge is 2.37. The molecule has 110 valence electrons. The van der Waals surface area contributed by atoms with Gasteiger partial charge >= 0.3 is 0 Å². The van der Waals surface area contributed by atoms with Gasteiger partial charge in [-0.25, -0.2) is 0 Å². The van der Waals surface area contributed by atoms with Crippen LogP contribution in [0.1, 0.15) is 38.9 Å². The van der Waals surface area contributed by atoms with E-state index in [1.807, 2.05) is 0 Å². The minimum Gasteiger partial charge on any atom is -0.309 e. The lowest BCUT2D eigenvalue weighted by Crippen LogP contribution is -2.29. The Bertz CT molecular complexity index is 978. The van der Waals surface area contributed by atoms with E-state index in [9.17, 15) is 0 Å². The smallest absolute Gasteiger partial charge is 0.0535 e. The molecule has 6 rings (SSSR count). The van der Waals surface area contributed by atoms with E-state index in [0.717, 1.165) is 19.3 Å². The molecule has 3 aromatic rings. The molecule has 0 saturated heterocycles. The van der Waals surface area contributed by atoms with Crippen LogP contribution in [-0.4, -0.2) is 0 Å².